The second-order valence-electron chi connectivity index (χ2n) is 9.93. The number of nitrogens with one attached hydrogen (secondary N) is 2. The highest BCUT2D eigenvalue weighted by Gasteiger charge is 2.14. The van der Waals surface area contributed by atoms with E-state index in [1.165, 1.54) is 6.33 Å². The van der Waals surface area contributed by atoms with Crippen LogP contribution in [-0.2, 0) is 10.0 Å². The molecule has 9 nitrogen and oxygen atoms in total. The minimum atomic E-state index is -3.66. The van der Waals surface area contributed by atoms with Gasteiger partial charge in [-0.05, 0) is 74.6 Å². The van der Waals surface area contributed by atoms with Gasteiger partial charge in [0.15, 0.2) is 0 Å². The van der Waals surface area contributed by atoms with Crippen LogP contribution in [0.1, 0.15) is 5.56 Å². The van der Waals surface area contributed by atoms with Crippen molar-refractivity contribution in [2.24, 2.45) is 0 Å². The Kier molecular flexibility index (Phi) is 8.59. The van der Waals surface area contributed by atoms with E-state index in [0.717, 1.165) is 61.0 Å². The Labute approximate surface area is 235 Å². The molecule has 0 unspecified atom stereocenters. The van der Waals surface area contributed by atoms with Gasteiger partial charge in [-0.3, -0.25) is 9.62 Å². The number of ether oxygens (including phenoxy) is 1. The van der Waals surface area contributed by atoms with Crippen LogP contribution in [0.5, 0.6) is 5.75 Å². The number of sulfonamides is 1. The summed E-state index contributed by atoms with van der Waals surface area (Å²) in [5, 5.41) is 3.25. The van der Waals surface area contributed by atoms with Gasteiger partial charge in [0.2, 0.25) is 0 Å². The molecule has 2 heterocycles. The largest absolute Gasteiger partial charge is 0.492 e. The molecule has 2 N–H and O–H groups in total. The van der Waals surface area contributed by atoms with Crippen LogP contribution in [0.4, 0.5) is 17.2 Å². The first kappa shape index (κ1) is 27.6. The zero-order valence-electron chi connectivity index (χ0n) is 22.7. The number of anilines is 3. The third-order valence-corrected chi connectivity index (χ3v) is 8.23. The van der Waals surface area contributed by atoms with Crippen LogP contribution in [0.2, 0.25) is 0 Å². The van der Waals surface area contributed by atoms with Crippen molar-refractivity contribution in [3.05, 3.63) is 90.8 Å². The maximum atomic E-state index is 12.7. The fourth-order valence-electron chi connectivity index (χ4n) is 4.37. The lowest BCUT2D eigenvalue weighted by molar-refractivity contribution is 0.134. The van der Waals surface area contributed by atoms with Gasteiger partial charge >= 0.3 is 0 Å². The fourth-order valence-corrected chi connectivity index (χ4v) is 5.43. The molecule has 0 radical (unpaired) electrons. The number of likely N-dealkylation sites (N-methyl/N-ethyl adjacent to an activating group) is 1. The minimum absolute atomic E-state index is 0.221. The summed E-state index contributed by atoms with van der Waals surface area (Å²) in [7, 11) is -1.50. The Balaban J connectivity index is 1.16. The number of aryl methyl sites for hydroxylation is 1. The number of hydrogen-bond donors (Lipinski definition) is 2. The summed E-state index contributed by atoms with van der Waals surface area (Å²) in [5.74, 6) is 1.47. The lowest BCUT2D eigenvalue weighted by atomic mass is 10.1. The smallest absolute Gasteiger partial charge is 0.261 e. The van der Waals surface area contributed by atoms with Gasteiger partial charge in [-0.25, -0.2) is 18.4 Å². The topological polar surface area (TPSA) is 99.7 Å². The molecule has 0 saturated carbocycles. The molecule has 40 heavy (non-hydrogen) atoms. The molecule has 3 aromatic carbocycles. The van der Waals surface area contributed by atoms with Crippen LogP contribution in [0.3, 0.4) is 0 Å². The average molecular weight is 559 g/mol. The van der Waals surface area contributed by atoms with Gasteiger partial charge in [-0.15, -0.1) is 0 Å². The first-order valence-electron chi connectivity index (χ1n) is 13.3. The number of piperazine rings is 1. The van der Waals surface area contributed by atoms with Crippen LogP contribution in [-0.4, -0.2) is 74.6 Å². The number of aromatic nitrogens is 2. The highest BCUT2D eigenvalue weighted by molar-refractivity contribution is 7.92. The monoisotopic (exact) mass is 558 g/mol. The zero-order chi connectivity index (χ0) is 28.0. The van der Waals surface area contributed by atoms with Crippen LogP contribution >= 0.6 is 0 Å². The Morgan fingerprint density at radius 1 is 0.850 bits per heavy atom. The van der Waals surface area contributed by atoms with Gasteiger partial charge in [0.05, 0.1) is 10.6 Å². The van der Waals surface area contributed by atoms with Crippen LogP contribution in [0, 0.1) is 6.92 Å². The molecule has 1 fully saturated rings. The number of benzene rings is 3. The molecule has 208 valence electrons. The molecule has 4 aromatic rings. The molecule has 5 rings (SSSR count). The second-order valence-corrected chi connectivity index (χ2v) is 11.6. The number of rotatable bonds is 10. The second kappa shape index (κ2) is 12.5. The summed E-state index contributed by atoms with van der Waals surface area (Å²) in [6.07, 6.45) is 1.52. The molecule has 1 aliphatic heterocycles. The van der Waals surface area contributed by atoms with Gasteiger partial charge in [-0.1, -0.05) is 17.7 Å². The maximum absolute atomic E-state index is 12.7. The van der Waals surface area contributed by atoms with E-state index in [1.54, 1.807) is 48.5 Å². The highest BCUT2D eigenvalue weighted by atomic mass is 32.2. The Morgan fingerprint density at radius 3 is 2.23 bits per heavy atom. The van der Waals surface area contributed by atoms with E-state index in [1.807, 2.05) is 37.3 Å². The van der Waals surface area contributed by atoms with Gasteiger partial charge in [0.25, 0.3) is 10.0 Å². The van der Waals surface area contributed by atoms with E-state index in [0.29, 0.717) is 18.1 Å². The van der Waals surface area contributed by atoms with Crippen molar-refractivity contribution in [1.82, 2.24) is 19.8 Å². The summed E-state index contributed by atoms with van der Waals surface area (Å²) in [6.45, 7) is 7.88. The third kappa shape index (κ3) is 7.35. The SMILES string of the molecule is Cc1ccc(S(=O)(=O)Nc2ccc(Nc3cc(-c4ccc(OCCN5CCN(C)CC5)cc4)ncn3)cc2)cc1. The van der Waals surface area contributed by atoms with Gasteiger partial charge < -0.3 is 15.0 Å². The third-order valence-electron chi connectivity index (χ3n) is 6.83. The Bertz CT molecular complexity index is 1500. The van der Waals surface area contributed by atoms with Crippen molar-refractivity contribution in [3.63, 3.8) is 0 Å². The van der Waals surface area contributed by atoms with E-state index in [2.05, 4.69) is 36.9 Å². The molecule has 1 aliphatic rings. The highest BCUT2D eigenvalue weighted by Crippen LogP contribution is 2.25. The summed E-state index contributed by atoms with van der Waals surface area (Å²) >= 11 is 0. The lowest BCUT2D eigenvalue weighted by Gasteiger charge is -2.32. The van der Waals surface area contributed by atoms with E-state index >= 15 is 0 Å². The molecule has 0 spiro atoms. The fraction of sp³-hybridized carbons (Fsp3) is 0.267. The predicted molar refractivity (Wildman–Crippen MR) is 159 cm³/mol. The van der Waals surface area contributed by atoms with Crippen LogP contribution in [0.25, 0.3) is 11.3 Å². The lowest BCUT2D eigenvalue weighted by Crippen LogP contribution is -2.45. The molecule has 0 atom stereocenters. The van der Waals surface area contributed by atoms with Gasteiger partial charge in [0.1, 0.15) is 24.5 Å². The summed E-state index contributed by atoms with van der Waals surface area (Å²) < 4.78 is 33.9. The molecule has 0 aliphatic carbocycles. The quantitative estimate of drug-likeness (QED) is 0.291. The number of hydrogen-bond acceptors (Lipinski definition) is 8. The van der Waals surface area contributed by atoms with Crippen LogP contribution < -0.4 is 14.8 Å². The molecule has 0 bridgehead atoms. The van der Waals surface area contributed by atoms with E-state index in [9.17, 15) is 8.42 Å². The Hall–Kier alpha value is -3.99. The molecule has 0 amide bonds. The molecular formula is C30H34N6O3S. The Morgan fingerprint density at radius 2 is 1.52 bits per heavy atom. The summed E-state index contributed by atoms with van der Waals surface area (Å²) in [5.41, 5.74) is 3.98. The standard InChI is InChI=1S/C30H34N6O3S/c1-23-3-13-28(14-4-23)40(37,38)34-26-9-7-25(8-10-26)33-30-21-29(31-22-32-30)24-5-11-27(12-6-24)39-20-19-36-17-15-35(2)16-18-36/h3-14,21-22,34H,15-20H2,1-2H3,(H,31,32,33). The number of nitrogens with zero attached hydrogens (tertiary/aromatic N) is 4. The van der Waals surface area contributed by atoms with E-state index in [4.69, 9.17) is 4.74 Å². The minimum Gasteiger partial charge on any atom is -0.492 e. The summed E-state index contributed by atoms with van der Waals surface area (Å²) in [6, 6.07) is 23.5. The van der Waals surface area contributed by atoms with Crippen molar-refractivity contribution >= 4 is 27.2 Å². The van der Waals surface area contributed by atoms with E-state index < -0.39 is 10.0 Å². The van der Waals surface area contributed by atoms with Gasteiger partial charge in [-0.2, -0.15) is 0 Å². The first-order valence-corrected chi connectivity index (χ1v) is 14.8. The van der Waals surface area contributed by atoms with Crippen LogP contribution in [0.15, 0.2) is 90.1 Å². The zero-order valence-corrected chi connectivity index (χ0v) is 23.6. The summed E-state index contributed by atoms with van der Waals surface area (Å²) in [4.78, 5) is 13.8. The first-order chi connectivity index (χ1) is 19.3. The van der Waals surface area contributed by atoms with Crippen molar-refractivity contribution in [1.29, 1.82) is 0 Å². The van der Waals surface area contributed by atoms with Crippen molar-refractivity contribution in [3.8, 4) is 17.0 Å². The maximum Gasteiger partial charge on any atom is 0.261 e. The average Bonchev–Trinajstić information content (AvgIpc) is 2.96. The normalized spacial score (nSPS) is 14.6. The van der Waals surface area contributed by atoms with E-state index in [-0.39, 0.29) is 4.90 Å². The molecule has 1 saturated heterocycles. The van der Waals surface area contributed by atoms with Gasteiger partial charge in [0, 0.05) is 55.7 Å². The predicted octanol–water partition coefficient (Wildman–Crippen LogP) is 4.62. The molecular weight excluding hydrogens is 524 g/mol. The molecule has 10 heteroatoms. The molecule has 1 aromatic heterocycles. The van der Waals surface area contributed by atoms with Crippen molar-refractivity contribution < 1.29 is 13.2 Å². The van der Waals surface area contributed by atoms with Crippen molar-refractivity contribution in [2.75, 3.05) is 56.4 Å². The van der Waals surface area contributed by atoms with Crippen molar-refractivity contribution in [2.45, 2.75) is 11.8 Å².